The summed E-state index contributed by atoms with van der Waals surface area (Å²) in [5, 5.41) is 14.7. The van der Waals surface area contributed by atoms with Gasteiger partial charge in [-0.1, -0.05) is 26.3 Å². The minimum atomic E-state index is -0.517. The summed E-state index contributed by atoms with van der Waals surface area (Å²) in [6.45, 7) is 5.44. The summed E-state index contributed by atoms with van der Waals surface area (Å²) < 4.78 is 0. The molecule has 6 heteroatoms. The van der Waals surface area contributed by atoms with Crippen molar-refractivity contribution in [3.8, 4) is 0 Å². The third-order valence-corrected chi connectivity index (χ3v) is 5.46. The molecule has 2 heterocycles. The number of carbonyl (C=O) groups excluding carboxylic acids is 2. The van der Waals surface area contributed by atoms with E-state index in [0.29, 0.717) is 13.1 Å². The van der Waals surface area contributed by atoms with Gasteiger partial charge in [0.2, 0.25) is 5.91 Å². The molecule has 5 nitrogen and oxygen atoms in total. The quantitative estimate of drug-likeness (QED) is 0.835. The fourth-order valence-electron chi connectivity index (χ4n) is 2.75. The molecule has 2 N–H and O–H groups in total. The second kappa shape index (κ2) is 8.45. The highest BCUT2D eigenvalue weighted by Crippen LogP contribution is 2.20. The molecule has 23 heavy (non-hydrogen) atoms. The molecular weight excluding hydrogens is 312 g/mol. The van der Waals surface area contributed by atoms with Crippen molar-refractivity contribution in [2.24, 2.45) is 11.8 Å². The smallest absolute Gasteiger partial charge is 0.263 e. The monoisotopic (exact) mass is 338 g/mol. The van der Waals surface area contributed by atoms with Crippen LogP contribution in [-0.4, -0.2) is 47.6 Å². The Bertz CT molecular complexity index is 518. The zero-order valence-electron chi connectivity index (χ0n) is 13.8. The first-order valence-electron chi connectivity index (χ1n) is 8.31. The van der Waals surface area contributed by atoms with Crippen LogP contribution in [0.5, 0.6) is 0 Å². The predicted molar refractivity (Wildman–Crippen MR) is 91.4 cm³/mol. The minimum absolute atomic E-state index is 0.0112. The number of hydrogen-bond acceptors (Lipinski definition) is 4. The van der Waals surface area contributed by atoms with Crippen molar-refractivity contribution in [1.29, 1.82) is 0 Å². The first-order valence-corrected chi connectivity index (χ1v) is 9.19. The Morgan fingerprint density at radius 2 is 2.30 bits per heavy atom. The van der Waals surface area contributed by atoms with E-state index in [4.69, 9.17) is 0 Å². The number of hydrogen-bond donors (Lipinski definition) is 2. The number of nitrogens with zero attached hydrogens (tertiary/aromatic N) is 1. The molecule has 1 fully saturated rings. The Labute approximate surface area is 141 Å². The van der Waals surface area contributed by atoms with E-state index in [1.165, 1.54) is 11.3 Å². The molecule has 2 amide bonds. The number of likely N-dealkylation sites (tertiary alicyclic amines) is 1. The van der Waals surface area contributed by atoms with Crippen molar-refractivity contribution in [2.45, 2.75) is 39.2 Å². The van der Waals surface area contributed by atoms with Gasteiger partial charge in [-0.05, 0) is 30.2 Å². The molecule has 0 bridgehead atoms. The van der Waals surface area contributed by atoms with Gasteiger partial charge in [0.05, 0.1) is 16.9 Å². The van der Waals surface area contributed by atoms with E-state index >= 15 is 0 Å². The lowest BCUT2D eigenvalue weighted by Gasteiger charge is -2.32. The molecule has 1 aromatic heterocycles. The molecule has 0 aromatic carbocycles. The van der Waals surface area contributed by atoms with E-state index < -0.39 is 6.10 Å². The number of aliphatic hydroxyl groups is 1. The third-order valence-electron chi connectivity index (χ3n) is 4.60. The third kappa shape index (κ3) is 4.78. The van der Waals surface area contributed by atoms with Gasteiger partial charge >= 0.3 is 0 Å². The normalized spacial score (nSPS) is 20.8. The van der Waals surface area contributed by atoms with Gasteiger partial charge in [-0.3, -0.25) is 9.59 Å². The maximum atomic E-state index is 12.4. The van der Waals surface area contributed by atoms with Gasteiger partial charge in [-0.15, -0.1) is 11.3 Å². The molecule has 2 rings (SSSR count). The highest BCUT2D eigenvalue weighted by atomic mass is 32.1. The van der Waals surface area contributed by atoms with Crippen molar-refractivity contribution in [1.82, 2.24) is 10.2 Å². The van der Waals surface area contributed by atoms with Gasteiger partial charge in [-0.25, -0.2) is 0 Å². The molecule has 1 aliphatic heterocycles. The zero-order chi connectivity index (χ0) is 16.8. The summed E-state index contributed by atoms with van der Waals surface area (Å²) in [5.41, 5.74) is 0. The van der Waals surface area contributed by atoms with Gasteiger partial charge < -0.3 is 15.3 Å². The van der Waals surface area contributed by atoms with Crippen molar-refractivity contribution in [3.63, 3.8) is 0 Å². The molecule has 1 aromatic rings. The average molecular weight is 338 g/mol. The summed E-state index contributed by atoms with van der Waals surface area (Å²) in [5.74, 6) is -0.0662. The lowest BCUT2D eigenvalue weighted by molar-refractivity contribution is -0.126. The lowest BCUT2D eigenvalue weighted by Crippen LogP contribution is -2.47. The second-order valence-corrected chi connectivity index (χ2v) is 7.21. The second-order valence-electron chi connectivity index (χ2n) is 6.27. The fraction of sp³-hybridized carbons (Fsp3) is 0.647. The molecular formula is C17H26N2O3S. The molecule has 0 radical (unpaired) electrons. The molecule has 1 aliphatic rings. The molecule has 0 aliphatic carbocycles. The molecule has 0 saturated carbocycles. The number of amides is 2. The van der Waals surface area contributed by atoms with E-state index in [0.717, 1.165) is 24.1 Å². The van der Waals surface area contributed by atoms with Gasteiger partial charge in [0.25, 0.3) is 5.91 Å². The summed E-state index contributed by atoms with van der Waals surface area (Å²) >= 11 is 1.43. The number of aliphatic hydroxyl groups excluding tert-OH is 1. The van der Waals surface area contributed by atoms with Crippen LogP contribution in [0.2, 0.25) is 0 Å². The number of thiophene rings is 1. The first-order chi connectivity index (χ1) is 11.0. The SMILES string of the molecule is CCC(C)C(O)CNC(=O)C1CCCN(C(=O)c2cccs2)C1. The van der Waals surface area contributed by atoms with Crippen LogP contribution in [0.3, 0.4) is 0 Å². The van der Waals surface area contributed by atoms with E-state index in [1.54, 1.807) is 4.90 Å². The number of carbonyl (C=O) groups is 2. The van der Waals surface area contributed by atoms with Gasteiger partial charge in [0.1, 0.15) is 0 Å². The Morgan fingerprint density at radius 3 is 2.96 bits per heavy atom. The Hall–Kier alpha value is -1.40. The van der Waals surface area contributed by atoms with Crippen molar-refractivity contribution >= 4 is 23.2 Å². The Balaban J connectivity index is 1.85. The molecule has 128 valence electrons. The van der Waals surface area contributed by atoms with Crippen LogP contribution in [-0.2, 0) is 4.79 Å². The first kappa shape index (κ1) is 17.9. The molecule has 1 saturated heterocycles. The number of rotatable bonds is 6. The summed E-state index contributed by atoms with van der Waals surface area (Å²) in [4.78, 5) is 27.2. The number of piperidine rings is 1. The summed E-state index contributed by atoms with van der Waals surface area (Å²) in [6, 6.07) is 3.68. The molecule has 0 spiro atoms. The number of nitrogens with one attached hydrogen (secondary N) is 1. The fourth-order valence-corrected chi connectivity index (χ4v) is 3.45. The van der Waals surface area contributed by atoms with Gasteiger partial charge in [-0.2, -0.15) is 0 Å². The Kier molecular flexibility index (Phi) is 6.59. The van der Waals surface area contributed by atoms with Crippen LogP contribution < -0.4 is 5.32 Å². The highest BCUT2D eigenvalue weighted by molar-refractivity contribution is 7.12. The van der Waals surface area contributed by atoms with Crippen LogP contribution in [0, 0.1) is 11.8 Å². The molecule has 3 atom stereocenters. The molecule has 3 unspecified atom stereocenters. The lowest BCUT2D eigenvalue weighted by atomic mass is 9.96. The van der Waals surface area contributed by atoms with Crippen LogP contribution in [0.4, 0.5) is 0 Å². The zero-order valence-corrected chi connectivity index (χ0v) is 14.6. The van der Waals surface area contributed by atoms with E-state index in [9.17, 15) is 14.7 Å². The van der Waals surface area contributed by atoms with Crippen LogP contribution >= 0.6 is 11.3 Å². The van der Waals surface area contributed by atoms with Crippen molar-refractivity contribution in [2.75, 3.05) is 19.6 Å². The maximum absolute atomic E-state index is 12.4. The van der Waals surface area contributed by atoms with Gasteiger partial charge in [0.15, 0.2) is 0 Å². The van der Waals surface area contributed by atoms with Crippen LogP contribution in [0.1, 0.15) is 42.8 Å². The van der Waals surface area contributed by atoms with Crippen LogP contribution in [0.15, 0.2) is 17.5 Å². The minimum Gasteiger partial charge on any atom is -0.391 e. The van der Waals surface area contributed by atoms with Crippen molar-refractivity contribution in [3.05, 3.63) is 22.4 Å². The predicted octanol–water partition coefficient (Wildman–Crippen LogP) is 2.12. The largest absolute Gasteiger partial charge is 0.391 e. The topological polar surface area (TPSA) is 69.6 Å². The maximum Gasteiger partial charge on any atom is 0.263 e. The highest BCUT2D eigenvalue weighted by Gasteiger charge is 2.29. The summed E-state index contributed by atoms with van der Waals surface area (Å²) in [6.07, 6.45) is 1.99. The van der Waals surface area contributed by atoms with E-state index in [-0.39, 0.29) is 30.2 Å². The van der Waals surface area contributed by atoms with Crippen molar-refractivity contribution < 1.29 is 14.7 Å². The summed E-state index contributed by atoms with van der Waals surface area (Å²) in [7, 11) is 0. The average Bonchev–Trinajstić information content (AvgIpc) is 3.12. The van der Waals surface area contributed by atoms with E-state index in [1.807, 2.05) is 31.4 Å². The van der Waals surface area contributed by atoms with Crippen LogP contribution in [0.25, 0.3) is 0 Å². The Morgan fingerprint density at radius 1 is 1.52 bits per heavy atom. The van der Waals surface area contributed by atoms with E-state index in [2.05, 4.69) is 5.32 Å². The standard InChI is InChI=1S/C17H26N2O3S/c1-3-12(2)14(20)10-18-16(21)13-6-4-8-19(11-13)17(22)15-7-5-9-23-15/h5,7,9,12-14,20H,3-4,6,8,10-11H2,1-2H3,(H,18,21). The van der Waals surface area contributed by atoms with Gasteiger partial charge in [0, 0.05) is 19.6 Å².